The summed E-state index contributed by atoms with van der Waals surface area (Å²) in [6.07, 6.45) is 0. The first-order chi connectivity index (χ1) is 26.9. The molecule has 8 aromatic carbocycles. The minimum absolute atomic E-state index is 0.0968. The fourth-order valence-corrected chi connectivity index (χ4v) is 9.95. The molecule has 11 aromatic rings. The van der Waals surface area contributed by atoms with Crippen LogP contribution in [0, 0.1) is 0 Å². The fourth-order valence-electron chi connectivity index (χ4n) is 8.69. The van der Waals surface area contributed by atoms with Gasteiger partial charge >= 0.3 is 0 Å². The number of aromatic nitrogens is 2. The van der Waals surface area contributed by atoms with E-state index in [1.807, 2.05) is 11.3 Å². The average molecular weight is 723 g/mol. The predicted octanol–water partition coefficient (Wildman–Crippen LogP) is 14.9. The molecule has 11 rings (SSSR count). The number of thiophene rings is 1. The van der Waals surface area contributed by atoms with E-state index in [4.69, 9.17) is 0 Å². The largest absolute Gasteiger partial charge is 0.309 e. The molecule has 0 radical (unpaired) electrons. The summed E-state index contributed by atoms with van der Waals surface area (Å²) in [7, 11) is 0. The van der Waals surface area contributed by atoms with Crippen LogP contribution in [-0.2, 0) is 5.41 Å². The molecule has 55 heavy (non-hydrogen) atoms. The topological polar surface area (TPSA) is 9.86 Å². The second-order valence-corrected chi connectivity index (χ2v) is 16.8. The first-order valence-electron chi connectivity index (χ1n) is 19.1. The maximum absolute atomic E-state index is 2.42. The number of hydrogen-bond acceptors (Lipinski definition) is 1. The summed E-state index contributed by atoms with van der Waals surface area (Å²) in [5, 5.41) is 7.91. The molecule has 0 fully saturated rings. The van der Waals surface area contributed by atoms with Crippen molar-refractivity contribution in [1.82, 2.24) is 9.13 Å². The van der Waals surface area contributed by atoms with Crippen molar-refractivity contribution in [3.8, 4) is 33.6 Å². The van der Waals surface area contributed by atoms with Gasteiger partial charge in [-0.1, -0.05) is 136 Å². The van der Waals surface area contributed by atoms with Crippen molar-refractivity contribution in [3.05, 3.63) is 181 Å². The molecule has 3 heteroatoms. The van der Waals surface area contributed by atoms with Gasteiger partial charge in [0.1, 0.15) is 0 Å². The molecule has 0 spiro atoms. The van der Waals surface area contributed by atoms with Gasteiger partial charge in [0.05, 0.1) is 22.1 Å². The van der Waals surface area contributed by atoms with Crippen molar-refractivity contribution < 1.29 is 0 Å². The van der Waals surface area contributed by atoms with Gasteiger partial charge in [-0.2, -0.15) is 0 Å². The Bertz CT molecular complexity index is 3260. The van der Waals surface area contributed by atoms with Crippen LogP contribution in [0.1, 0.15) is 26.3 Å². The van der Waals surface area contributed by atoms with Gasteiger partial charge in [0.25, 0.3) is 0 Å². The molecule has 0 N–H and O–H groups in total. The van der Waals surface area contributed by atoms with Gasteiger partial charge in [0.2, 0.25) is 0 Å². The van der Waals surface area contributed by atoms with Crippen molar-refractivity contribution in [2.24, 2.45) is 0 Å². The van der Waals surface area contributed by atoms with Crippen LogP contribution >= 0.6 is 11.3 Å². The Morgan fingerprint density at radius 2 is 0.855 bits per heavy atom. The Morgan fingerprint density at radius 3 is 1.47 bits per heavy atom. The third kappa shape index (κ3) is 5.00. The predicted molar refractivity (Wildman–Crippen MR) is 238 cm³/mol. The van der Waals surface area contributed by atoms with Crippen LogP contribution in [0.2, 0.25) is 0 Å². The molecule has 0 saturated carbocycles. The van der Waals surface area contributed by atoms with Crippen LogP contribution < -0.4 is 0 Å². The van der Waals surface area contributed by atoms with Crippen molar-refractivity contribution in [2.75, 3.05) is 0 Å². The van der Waals surface area contributed by atoms with Gasteiger partial charge < -0.3 is 9.13 Å². The first-order valence-corrected chi connectivity index (χ1v) is 19.9. The van der Waals surface area contributed by atoms with Gasteiger partial charge in [0, 0.05) is 53.1 Å². The smallest absolute Gasteiger partial charge is 0.0555 e. The van der Waals surface area contributed by atoms with E-state index in [1.54, 1.807) is 0 Å². The third-order valence-electron chi connectivity index (χ3n) is 11.5. The number of benzene rings is 8. The van der Waals surface area contributed by atoms with E-state index in [9.17, 15) is 0 Å². The van der Waals surface area contributed by atoms with E-state index in [2.05, 4.69) is 206 Å². The molecule has 0 amide bonds. The lowest BCUT2D eigenvalue weighted by Crippen LogP contribution is -2.10. The van der Waals surface area contributed by atoms with Crippen LogP contribution in [0.15, 0.2) is 176 Å². The highest BCUT2D eigenvalue weighted by Gasteiger charge is 2.19. The molecule has 0 aliphatic rings. The monoisotopic (exact) mass is 722 g/mol. The van der Waals surface area contributed by atoms with Gasteiger partial charge in [-0.15, -0.1) is 11.3 Å². The Labute approximate surface area is 324 Å². The van der Waals surface area contributed by atoms with Crippen molar-refractivity contribution in [2.45, 2.75) is 26.2 Å². The highest BCUT2D eigenvalue weighted by molar-refractivity contribution is 7.26. The zero-order chi connectivity index (χ0) is 36.8. The van der Waals surface area contributed by atoms with Crippen molar-refractivity contribution in [1.29, 1.82) is 0 Å². The highest BCUT2D eigenvalue weighted by Crippen LogP contribution is 2.43. The van der Waals surface area contributed by atoms with Crippen LogP contribution in [0.5, 0.6) is 0 Å². The zero-order valence-corrected chi connectivity index (χ0v) is 31.9. The van der Waals surface area contributed by atoms with Crippen LogP contribution in [0.4, 0.5) is 0 Å². The lowest BCUT2D eigenvalue weighted by atomic mass is 9.86. The van der Waals surface area contributed by atoms with E-state index < -0.39 is 0 Å². The molecular formula is C52H38N2S. The Morgan fingerprint density at radius 1 is 0.382 bits per heavy atom. The first kappa shape index (κ1) is 32.0. The molecule has 0 bridgehead atoms. The van der Waals surface area contributed by atoms with Crippen LogP contribution in [-0.4, -0.2) is 9.13 Å². The Hall–Kier alpha value is -6.42. The second-order valence-electron chi connectivity index (χ2n) is 15.8. The van der Waals surface area contributed by atoms with Crippen molar-refractivity contribution >= 4 is 75.1 Å². The summed E-state index contributed by atoms with van der Waals surface area (Å²) in [5.41, 5.74) is 13.6. The SMILES string of the molecule is CC(C)(C)c1ccc2c(c1)c1ccccc1n2-c1ccc(-c2ccc(-c3ccc(-n4c5ccccc5c5c6sc7ccccc7c6ccc54)cc3)cc2)cc1. The molecule has 3 heterocycles. The Kier molecular flexibility index (Phi) is 7.02. The fraction of sp³-hybridized carbons (Fsp3) is 0.0769. The minimum Gasteiger partial charge on any atom is -0.309 e. The van der Waals surface area contributed by atoms with E-state index >= 15 is 0 Å². The molecule has 3 aromatic heterocycles. The zero-order valence-electron chi connectivity index (χ0n) is 31.0. The quantitative estimate of drug-likeness (QED) is 0.171. The van der Waals surface area contributed by atoms with E-state index in [0.29, 0.717) is 0 Å². The lowest BCUT2D eigenvalue weighted by molar-refractivity contribution is 0.591. The second kappa shape index (κ2) is 12.0. The molecule has 0 saturated heterocycles. The molecule has 2 nitrogen and oxygen atoms in total. The van der Waals surface area contributed by atoms with Crippen molar-refractivity contribution in [3.63, 3.8) is 0 Å². The molecule has 262 valence electrons. The Balaban J connectivity index is 0.909. The summed E-state index contributed by atoms with van der Waals surface area (Å²) in [5.74, 6) is 0. The standard InChI is InChI=1S/C52H38N2S/c1-52(2,3)37-24-30-47-44(32-37)40-10-4-7-13-45(40)53(47)38-25-20-35(21-26-38)33-16-18-34(19-17-33)36-22-27-39(28-23-36)54-46-14-8-5-12-43(46)50-48(54)31-29-42-41-11-6-9-15-49(41)55-51(42)50/h4-32H,1-3H3. The van der Waals surface area contributed by atoms with E-state index in [-0.39, 0.29) is 5.41 Å². The number of para-hydroxylation sites is 2. The molecule has 0 aliphatic carbocycles. The summed E-state index contributed by atoms with van der Waals surface area (Å²) < 4.78 is 7.52. The maximum atomic E-state index is 2.42. The van der Waals surface area contributed by atoms with Gasteiger partial charge in [-0.25, -0.2) is 0 Å². The molecule has 0 atom stereocenters. The van der Waals surface area contributed by atoms with Crippen LogP contribution in [0.3, 0.4) is 0 Å². The number of rotatable bonds is 4. The number of fused-ring (bicyclic) bond motifs is 10. The highest BCUT2D eigenvalue weighted by atomic mass is 32.1. The summed E-state index contributed by atoms with van der Waals surface area (Å²) in [4.78, 5) is 0. The normalized spacial score (nSPS) is 12.3. The molecular weight excluding hydrogens is 685 g/mol. The number of nitrogens with zero attached hydrogens (tertiary/aromatic N) is 2. The van der Waals surface area contributed by atoms with E-state index in [0.717, 1.165) is 0 Å². The average Bonchev–Trinajstić information content (AvgIpc) is 3.88. The minimum atomic E-state index is 0.0968. The van der Waals surface area contributed by atoms with Gasteiger partial charge in [-0.05, 0) is 93.9 Å². The maximum Gasteiger partial charge on any atom is 0.0555 e. The van der Waals surface area contributed by atoms with Gasteiger partial charge in [0.15, 0.2) is 0 Å². The van der Waals surface area contributed by atoms with Gasteiger partial charge in [-0.3, -0.25) is 0 Å². The summed E-state index contributed by atoms with van der Waals surface area (Å²) >= 11 is 1.90. The summed E-state index contributed by atoms with van der Waals surface area (Å²) in [6.45, 7) is 6.85. The lowest BCUT2D eigenvalue weighted by Gasteiger charge is -2.19. The third-order valence-corrected chi connectivity index (χ3v) is 12.7. The van der Waals surface area contributed by atoms with E-state index in [1.165, 1.54) is 103 Å². The molecule has 0 aliphatic heterocycles. The molecule has 0 unspecified atom stereocenters. The number of hydrogen-bond donors (Lipinski definition) is 0. The summed E-state index contributed by atoms with van der Waals surface area (Å²) in [6, 6.07) is 65.0. The van der Waals surface area contributed by atoms with Crippen LogP contribution in [0.25, 0.3) is 97.4 Å².